The summed E-state index contributed by atoms with van der Waals surface area (Å²) < 4.78 is 5.29. The average Bonchev–Trinajstić information content (AvgIpc) is 1.90. The minimum Gasteiger partial charge on any atom is -0.375 e. The van der Waals surface area contributed by atoms with Gasteiger partial charge < -0.3 is 16.2 Å². The fraction of sp³-hybridized carbons (Fsp3) is 1.00. The van der Waals surface area contributed by atoms with Crippen LogP contribution in [0.1, 0.15) is 12.8 Å². The van der Waals surface area contributed by atoms with Crippen molar-refractivity contribution in [1.82, 2.24) is 0 Å². The van der Waals surface area contributed by atoms with Crippen LogP contribution in [0.25, 0.3) is 0 Å². The average molecular weight is 130 g/mol. The van der Waals surface area contributed by atoms with Crippen molar-refractivity contribution >= 4 is 0 Å². The maximum Gasteiger partial charge on any atom is 0.0698 e. The first-order valence-corrected chi connectivity index (χ1v) is 3.40. The molecule has 0 aromatic rings. The second-order valence-corrected chi connectivity index (χ2v) is 2.53. The second-order valence-electron chi connectivity index (χ2n) is 2.53. The maximum absolute atomic E-state index is 5.59. The Morgan fingerprint density at radius 3 is 2.67 bits per heavy atom. The minimum absolute atomic E-state index is 0.243. The fourth-order valence-corrected chi connectivity index (χ4v) is 1.01. The largest absolute Gasteiger partial charge is 0.375 e. The van der Waals surface area contributed by atoms with Gasteiger partial charge in [-0.05, 0) is 12.8 Å². The normalized spacial score (nSPS) is 36.7. The lowest BCUT2D eigenvalue weighted by molar-refractivity contribution is 0.0113. The molecule has 1 aliphatic rings. The molecule has 0 aromatic carbocycles. The Bertz CT molecular complexity index is 79.1. The Morgan fingerprint density at radius 1 is 1.44 bits per heavy atom. The quantitative estimate of drug-likeness (QED) is 0.500. The highest BCUT2D eigenvalue weighted by atomic mass is 16.5. The molecule has 0 amide bonds. The van der Waals surface area contributed by atoms with Crippen molar-refractivity contribution in [3.8, 4) is 0 Å². The van der Waals surface area contributed by atoms with Crippen LogP contribution in [0.3, 0.4) is 0 Å². The fourth-order valence-electron chi connectivity index (χ4n) is 1.01. The van der Waals surface area contributed by atoms with Crippen molar-refractivity contribution in [3.05, 3.63) is 0 Å². The highest BCUT2D eigenvalue weighted by Crippen LogP contribution is 2.10. The van der Waals surface area contributed by atoms with Gasteiger partial charge in [-0.2, -0.15) is 0 Å². The first kappa shape index (κ1) is 6.99. The van der Waals surface area contributed by atoms with Gasteiger partial charge in [0.05, 0.1) is 12.7 Å². The number of ether oxygens (including phenoxy) is 1. The molecular weight excluding hydrogens is 116 g/mol. The van der Waals surface area contributed by atoms with E-state index in [1.54, 1.807) is 0 Å². The molecule has 4 N–H and O–H groups in total. The summed E-state index contributed by atoms with van der Waals surface area (Å²) in [6, 6.07) is 0.243. The van der Waals surface area contributed by atoms with Crippen molar-refractivity contribution in [2.45, 2.75) is 25.0 Å². The Kier molecular flexibility index (Phi) is 2.45. The Hall–Kier alpha value is -0.120. The zero-order valence-electron chi connectivity index (χ0n) is 5.55. The Balaban J connectivity index is 2.18. The molecule has 2 atom stereocenters. The van der Waals surface area contributed by atoms with Gasteiger partial charge in [0.2, 0.25) is 0 Å². The summed E-state index contributed by atoms with van der Waals surface area (Å²) >= 11 is 0. The molecule has 0 aliphatic carbocycles. The summed E-state index contributed by atoms with van der Waals surface area (Å²) in [5.41, 5.74) is 11.0. The van der Waals surface area contributed by atoms with Crippen LogP contribution in [0.5, 0.6) is 0 Å². The first-order valence-electron chi connectivity index (χ1n) is 3.40. The topological polar surface area (TPSA) is 61.3 Å². The van der Waals surface area contributed by atoms with Gasteiger partial charge in [-0.1, -0.05) is 0 Å². The van der Waals surface area contributed by atoms with E-state index in [4.69, 9.17) is 16.2 Å². The predicted molar refractivity (Wildman–Crippen MR) is 36.0 cm³/mol. The SMILES string of the molecule is NC[C@H]1CC[C@@H](N)CO1. The molecule has 3 nitrogen and oxygen atoms in total. The smallest absolute Gasteiger partial charge is 0.0698 e. The van der Waals surface area contributed by atoms with Crippen molar-refractivity contribution in [1.29, 1.82) is 0 Å². The Morgan fingerprint density at radius 2 is 2.22 bits per heavy atom. The van der Waals surface area contributed by atoms with Crippen molar-refractivity contribution < 1.29 is 4.74 Å². The molecule has 0 spiro atoms. The molecule has 3 heteroatoms. The summed E-state index contributed by atoms with van der Waals surface area (Å²) in [5.74, 6) is 0. The molecule has 0 bridgehead atoms. The monoisotopic (exact) mass is 130 g/mol. The van der Waals surface area contributed by atoms with Crippen molar-refractivity contribution in [2.75, 3.05) is 13.2 Å². The van der Waals surface area contributed by atoms with E-state index in [1.807, 2.05) is 0 Å². The molecule has 0 saturated carbocycles. The third-order valence-corrected chi connectivity index (χ3v) is 1.67. The van der Waals surface area contributed by atoms with E-state index in [-0.39, 0.29) is 12.1 Å². The van der Waals surface area contributed by atoms with Crippen molar-refractivity contribution in [2.24, 2.45) is 11.5 Å². The van der Waals surface area contributed by atoms with Gasteiger partial charge in [-0.3, -0.25) is 0 Å². The van der Waals surface area contributed by atoms with Crippen LogP contribution in [0, 0.1) is 0 Å². The summed E-state index contributed by atoms with van der Waals surface area (Å²) in [4.78, 5) is 0. The van der Waals surface area contributed by atoms with E-state index in [0.29, 0.717) is 13.2 Å². The lowest BCUT2D eigenvalue weighted by atomic mass is 10.1. The minimum atomic E-state index is 0.243. The predicted octanol–water partition coefficient (Wildman–Crippen LogP) is -0.549. The molecule has 9 heavy (non-hydrogen) atoms. The standard InChI is InChI=1S/C6H14N2O/c7-3-6-2-1-5(8)4-9-6/h5-6H,1-4,7-8H2/t5-,6-/m1/s1. The first-order chi connectivity index (χ1) is 4.33. The van der Waals surface area contributed by atoms with Crippen LogP contribution in [-0.4, -0.2) is 25.3 Å². The van der Waals surface area contributed by atoms with Gasteiger partial charge in [-0.25, -0.2) is 0 Å². The summed E-state index contributed by atoms with van der Waals surface area (Å²) in [5, 5.41) is 0. The van der Waals surface area contributed by atoms with Crippen LogP contribution in [0.15, 0.2) is 0 Å². The van der Waals surface area contributed by atoms with Crippen LogP contribution in [-0.2, 0) is 4.74 Å². The van der Waals surface area contributed by atoms with Crippen LogP contribution in [0.4, 0.5) is 0 Å². The zero-order valence-corrected chi connectivity index (χ0v) is 5.55. The molecule has 1 fully saturated rings. The van der Waals surface area contributed by atoms with E-state index in [0.717, 1.165) is 12.8 Å². The van der Waals surface area contributed by atoms with Crippen molar-refractivity contribution in [3.63, 3.8) is 0 Å². The molecule has 54 valence electrons. The van der Waals surface area contributed by atoms with Gasteiger partial charge >= 0.3 is 0 Å². The third-order valence-electron chi connectivity index (χ3n) is 1.67. The van der Waals surface area contributed by atoms with E-state index in [9.17, 15) is 0 Å². The van der Waals surface area contributed by atoms with Gasteiger partial charge in [0.1, 0.15) is 0 Å². The van der Waals surface area contributed by atoms with Crippen LogP contribution < -0.4 is 11.5 Å². The highest BCUT2D eigenvalue weighted by molar-refractivity contribution is 4.71. The number of hydrogen-bond acceptors (Lipinski definition) is 3. The summed E-state index contributed by atoms with van der Waals surface area (Å²) in [6.45, 7) is 1.31. The van der Waals surface area contributed by atoms with Crippen LogP contribution >= 0.6 is 0 Å². The second kappa shape index (κ2) is 3.15. The number of nitrogens with two attached hydrogens (primary N) is 2. The maximum atomic E-state index is 5.59. The lowest BCUT2D eigenvalue weighted by Gasteiger charge is -2.25. The molecule has 0 unspecified atom stereocenters. The molecule has 1 heterocycles. The van der Waals surface area contributed by atoms with Gasteiger partial charge in [-0.15, -0.1) is 0 Å². The third kappa shape index (κ3) is 1.93. The van der Waals surface area contributed by atoms with Gasteiger partial charge in [0.25, 0.3) is 0 Å². The van der Waals surface area contributed by atoms with E-state index >= 15 is 0 Å². The molecular formula is C6H14N2O. The van der Waals surface area contributed by atoms with E-state index in [1.165, 1.54) is 0 Å². The van der Waals surface area contributed by atoms with Gasteiger partial charge in [0.15, 0.2) is 0 Å². The molecule has 0 aromatic heterocycles. The molecule has 1 rings (SSSR count). The lowest BCUT2D eigenvalue weighted by Crippen LogP contribution is -2.38. The summed E-state index contributed by atoms with van der Waals surface area (Å²) in [7, 11) is 0. The highest BCUT2D eigenvalue weighted by Gasteiger charge is 2.16. The molecule has 0 radical (unpaired) electrons. The summed E-state index contributed by atoms with van der Waals surface area (Å²) in [6.07, 6.45) is 2.35. The Labute approximate surface area is 55.4 Å². The number of rotatable bonds is 1. The number of hydrogen-bond donors (Lipinski definition) is 2. The van der Waals surface area contributed by atoms with E-state index in [2.05, 4.69) is 0 Å². The van der Waals surface area contributed by atoms with E-state index < -0.39 is 0 Å². The zero-order chi connectivity index (χ0) is 6.69. The van der Waals surface area contributed by atoms with Gasteiger partial charge in [0, 0.05) is 12.6 Å². The molecule has 1 saturated heterocycles. The molecule has 1 aliphatic heterocycles. The van der Waals surface area contributed by atoms with Crippen LogP contribution in [0.2, 0.25) is 0 Å².